The lowest BCUT2D eigenvalue weighted by Crippen LogP contribution is -2.19. The molecule has 2 rings (SSSR count). The second-order valence-corrected chi connectivity index (χ2v) is 3.99. The highest BCUT2D eigenvalue weighted by Gasteiger charge is 2.17. The molecule has 5 heteroatoms. The number of hydrogen-bond acceptors (Lipinski definition) is 3. The van der Waals surface area contributed by atoms with Crippen LogP contribution in [0.25, 0.3) is 11.0 Å². The second kappa shape index (κ2) is 4.30. The van der Waals surface area contributed by atoms with Crippen LogP contribution >= 0.6 is 15.9 Å². The zero-order chi connectivity index (χ0) is 10.8. The maximum atomic E-state index is 9.75. The maximum absolute atomic E-state index is 9.75. The molecule has 15 heavy (non-hydrogen) atoms. The Kier molecular flexibility index (Phi) is 3.04. The van der Waals surface area contributed by atoms with Crippen molar-refractivity contribution in [2.75, 3.05) is 5.33 Å². The number of rotatable bonds is 3. The van der Waals surface area contributed by atoms with Crippen LogP contribution in [0.15, 0.2) is 24.5 Å². The van der Waals surface area contributed by atoms with Gasteiger partial charge in [0.15, 0.2) is 0 Å². The molecule has 2 atom stereocenters. The zero-order valence-electron chi connectivity index (χ0n) is 7.89. The average Bonchev–Trinajstić information content (AvgIpc) is 2.73. The van der Waals surface area contributed by atoms with Gasteiger partial charge in [0.25, 0.3) is 0 Å². The van der Waals surface area contributed by atoms with Crippen molar-refractivity contribution in [1.82, 2.24) is 9.97 Å². The molecular formula is C10H11BrN2O2. The zero-order valence-corrected chi connectivity index (χ0v) is 9.48. The van der Waals surface area contributed by atoms with Crippen LogP contribution in [0.5, 0.6) is 0 Å². The van der Waals surface area contributed by atoms with Gasteiger partial charge in [-0.25, -0.2) is 0 Å². The molecule has 2 aromatic heterocycles. The van der Waals surface area contributed by atoms with E-state index in [9.17, 15) is 10.2 Å². The fourth-order valence-electron chi connectivity index (χ4n) is 1.42. The molecule has 2 aromatic rings. The Hall–Kier alpha value is -0.910. The summed E-state index contributed by atoms with van der Waals surface area (Å²) in [7, 11) is 0. The molecule has 0 bridgehead atoms. The normalized spacial score (nSPS) is 15.4. The third-order valence-corrected chi connectivity index (χ3v) is 2.95. The molecule has 0 fully saturated rings. The van der Waals surface area contributed by atoms with E-state index >= 15 is 0 Å². The van der Waals surface area contributed by atoms with E-state index in [0.29, 0.717) is 10.9 Å². The number of pyridine rings is 1. The van der Waals surface area contributed by atoms with Crippen molar-refractivity contribution in [3.8, 4) is 0 Å². The Labute approximate surface area is 95.1 Å². The van der Waals surface area contributed by atoms with Gasteiger partial charge < -0.3 is 15.2 Å². The van der Waals surface area contributed by atoms with Gasteiger partial charge in [0, 0.05) is 23.3 Å². The van der Waals surface area contributed by atoms with Gasteiger partial charge >= 0.3 is 0 Å². The van der Waals surface area contributed by atoms with Crippen LogP contribution < -0.4 is 0 Å². The van der Waals surface area contributed by atoms with Crippen LogP contribution in [0.4, 0.5) is 0 Å². The quantitative estimate of drug-likeness (QED) is 0.738. The molecule has 0 aliphatic carbocycles. The molecule has 0 aliphatic heterocycles. The van der Waals surface area contributed by atoms with E-state index in [1.54, 1.807) is 18.5 Å². The van der Waals surface area contributed by atoms with Crippen LogP contribution in [-0.2, 0) is 0 Å². The minimum Gasteiger partial charge on any atom is -0.389 e. The van der Waals surface area contributed by atoms with Crippen molar-refractivity contribution in [3.63, 3.8) is 0 Å². The number of aliphatic hydroxyl groups is 2. The molecular weight excluding hydrogens is 260 g/mol. The molecule has 2 unspecified atom stereocenters. The highest BCUT2D eigenvalue weighted by Crippen LogP contribution is 2.20. The molecule has 0 saturated heterocycles. The van der Waals surface area contributed by atoms with Crippen molar-refractivity contribution < 1.29 is 10.2 Å². The predicted octanol–water partition coefficient (Wildman–Crippen LogP) is 1.35. The SMILES string of the molecule is OC(CBr)C(O)c1cnc2cc[nH]c2c1. The standard InChI is InChI=1S/C10H11BrN2O2/c11-4-9(14)10(15)6-3-8-7(13-5-6)1-2-12-8/h1-3,5,9-10,12,14-15H,4H2. The van der Waals surface area contributed by atoms with E-state index < -0.39 is 12.2 Å². The van der Waals surface area contributed by atoms with Gasteiger partial charge in [-0.3, -0.25) is 4.98 Å². The Morgan fingerprint density at radius 3 is 3.00 bits per heavy atom. The lowest BCUT2D eigenvalue weighted by molar-refractivity contribution is 0.0341. The van der Waals surface area contributed by atoms with E-state index in [2.05, 4.69) is 25.9 Å². The molecule has 3 N–H and O–H groups in total. The number of H-pyrrole nitrogens is 1. The van der Waals surface area contributed by atoms with Crippen LogP contribution in [-0.4, -0.2) is 31.6 Å². The molecule has 4 nitrogen and oxygen atoms in total. The fourth-order valence-corrected chi connectivity index (χ4v) is 1.77. The number of halogens is 1. The Morgan fingerprint density at radius 1 is 1.47 bits per heavy atom. The number of aromatic amines is 1. The van der Waals surface area contributed by atoms with Gasteiger partial charge in [-0.05, 0) is 12.1 Å². The third-order valence-electron chi connectivity index (χ3n) is 2.28. The number of aromatic nitrogens is 2. The lowest BCUT2D eigenvalue weighted by atomic mass is 10.1. The van der Waals surface area contributed by atoms with E-state index in [-0.39, 0.29) is 0 Å². The monoisotopic (exact) mass is 270 g/mol. The van der Waals surface area contributed by atoms with Crippen LogP contribution in [0, 0.1) is 0 Å². The van der Waals surface area contributed by atoms with Gasteiger partial charge in [-0.15, -0.1) is 0 Å². The minimum absolute atomic E-state index is 0.330. The molecule has 0 aromatic carbocycles. The second-order valence-electron chi connectivity index (χ2n) is 3.35. The Morgan fingerprint density at radius 2 is 2.27 bits per heavy atom. The number of aliphatic hydroxyl groups excluding tert-OH is 2. The van der Waals surface area contributed by atoms with E-state index in [0.717, 1.165) is 11.0 Å². The first-order chi connectivity index (χ1) is 7.22. The van der Waals surface area contributed by atoms with E-state index in [1.807, 2.05) is 6.07 Å². The number of nitrogens with one attached hydrogen (secondary N) is 1. The van der Waals surface area contributed by atoms with Gasteiger partial charge in [0.05, 0.1) is 17.1 Å². The third kappa shape index (κ3) is 2.04. The van der Waals surface area contributed by atoms with Gasteiger partial charge in [-0.1, -0.05) is 15.9 Å². The Bertz CT molecular complexity index is 457. The van der Waals surface area contributed by atoms with Crippen molar-refractivity contribution in [3.05, 3.63) is 30.1 Å². The summed E-state index contributed by atoms with van der Waals surface area (Å²) >= 11 is 3.12. The van der Waals surface area contributed by atoms with Crippen molar-refractivity contribution in [2.24, 2.45) is 0 Å². The van der Waals surface area contributed by atoms with E-state index in [4.69, 9.17) is 0 Å². The Balaban J connectivity index is 2.35. The molecule has 80 valence electrons. The first kappa shape index (κ1) is 10.6. The first-order valence-corrected chi connectivity index (χ1v) is 5.69. The van der Waals surface area contributed by atoms with Crippen LogP contribution in [0.1, 0.15) is 11.7 Å². The summed E-state index contributed by atoms with van der Waals surface area (Å²) in [4.78, 5) is 7.17. The molecule has 0 spiro atoms. The summed E-state index contributed by atoms with van der Waals surface area (Å²) < 4.78 is 0. The number of fused-ring (bicyclic) bond motifs is 1. The largest absolute Gasteiger partial charge is 0.389 e. The highest BCUT2D eigenvalue weighted by molar-refractivity contribution is 9.09. The summed E-state index contributed by atoms with van der Waals surface area (Å²) in [6.07, 6.45) is 1.63. The summed E-state index contributed by atoms with van der Waals surface area (Å²) in [5.41, 5.74) is 2.31. The smallest absolute Gasteiger partial charge is 0.107 e. The molecule has 0 radical (unpaired) electrons. The fraction of sp³-hybridized carbons (Fsp3) is 0.300. The topological polar surface area (TPSA) is 69.1 Å². The summed E-state index contributed by atoms with van der Waals surface area (Å²) in [5.74, 6) is 0. The van der Waals surface area contributed by atoms with Crippen molar-refractivity contribution in [2.45, 2.75) is 12.2 Å². The van der Waals surface area contributed by atoms with Crippen molar-refractivity contribution in [1.29, 1.82) is 0 Å². The highest BCUT2D eigenvalue weighted by atomic mass is 79.9. The average molecular weight is 271 g/mol. The van der Waals surface area contributed by atoms with Gasteiger partial charge in [-0.2, -0.15) is 0 Å². The minimum atomic E-state index is -0.912. The van der Waals surface area contributed by atoms with Gasteiger partial charge in [0.1, 0.15) is 6.10 Å². The summed E-state index contributed by atoms with van der Waals surface area (Å²) in [6.45, 7) is 0. The first-order valence-electron chi connectivity index (χ1n) is 4.57. The maximum Gasteiger partial charge on any atom is 0.107 e. The molecule has 0 amide bonds. The summed E-state index contributed by atoms with van der Waals surface area (Å²) in [6, 6.07) is 3.64. The van der Waals surface area contributed by atoms with Gasteiger partial charge in [0.2, 0.25) is 0 Å². The number of alkyl halides is 1. The van der Waals surface area contributed by atoms with Crippen molar-refractivity contribution >= 4 is 27.0 Å². The van der Waals surface area contributed by atoms with Crippen LogP contribution in [0.3, 0.4) is 0 Å². The number of nitrogens with zero attached hydrogens (tertiary/aromatic N) is 1. The van der Waals surface area contributed by atoms with Crippen LogP contribution in [0.2, 0.25) is 0 Å². The molecule has 2 heterocycles. The molecule has 0 aliphatic rings. The van der Waals surface area contributed by atoms with E-state index in [1.165, 1.54) is 0 Å². The lowest BCUT2D eigenvalue weighted by Gasteiger charge is -2.15. The predicted molar refractivity (Wildman–Crippen MR) is 60.9 cm³/mol. The number of hydrogen-bond donors (Lipinski definition) is 3. The molecule has 0 saturated carbocycles. The summed E-state index contributed by atoms with van der Waals surface area (Å²) in [5, 5.41) is 19.6.